The molecule has 3 aromatic rings. The van der Waals surface area contributed by atoms with Crippen molar-refractivity contribution in [1.29, 1.82) is 0 Å². The van der Waals surface area contributed by atoms with Crippen LogP contribution in [0.4, 0.5) is 5.69 Å². The lowest BCUT2D eigenvalue weighted by Gasteiger charge is -2.10. The van der Waals surface area contributed by atoms with Gasteiger partial charge in [0.2, 0.25) is 0 Å². The lowest BCUT2D eigenvalue weighted by Crippen LogP contribution is -2.09. The second kappa shape index (κ2) is 8.64. The Labute approximate surface area is 161 Å². The molecule has 0 aliphatic heterocycles. The Kier molecular flexibility index (Phi) is 6.04. The molecule has 0 aliphatic rings. The lowest BCUT2D eigenvalue weighted by molar-refractivity contribution is -0.133. The first-order valence-electron chi connectivity index (χ1n) is 8.62. The number of benzene rings is 3. The summed E-state index contributed by atoms with van der Waals surface area (Å²) in [7, 11) is -1.52. The number of nitrogens with one attached hydrogen (secondary N) is 1. The van der Waals surface area contributed by atoms with Gasteiger partial charge in [-0.2, -0.15) is 0 Å². The second-order valence-corrected chi connectivity index (χ2v) is 7.73. The predicted octanol–water partition coefficient (Wildman–Crippen LogP) is 4.47. The van der Waals surface area contributed by atoms with Gasteiger partial charge >= 0.3 is 5.97 Å². The third-order valence-electron chi connectivity index (χ3n) is 4.25. The molecular formula is C22H21NO3S. The topological polar surface area (TPSA) is 66.4 Å². The minimum absolute atomic E-state index is 0.377. The van der Waals surface area contributed by atoms with Crippen LogP contribution in [0.5, 0.6) is 0 Å². The zero-order chi connectivity index (χ0) is 19.2. The number of rotatable bonds is 7. The number of carbonyl (C=O) groups is 1. The molecule has 4 nitrogen and oxygen atoms in total. The van der Waals surface area contributed by atoms with E-state index in [0.29, 0.717) is 11.4 Å². The summed E-state index contributed by atoms with van der Waals surface area (Å²) in [4.78, 5) is 11.2. The van der Waals surface area contributed by atoms with Gasteiger partial charge in [-0.05, 0) is 59.5 Å². The highest BCUT2D eigenvalue weighted by molar-refractivity contribution is 7.85. The maximum Gasteiger partial charge on any atom is 0.316 e. The van der Waals surface area contributed by atoms with Crippen LogP contribution in [0.15, 0.2) is 77.7 Å². The molecule has 3 aromatic carbocycles. The fourth-order valence-electron chi connectivity index (χ4n) is 2.87. The highest BCUT2D eigenvalue weighted by atomic mass is 32.2. The van der Waals surface area contributed by atoms with Crippen LogP contribution in [-0.4, -0.2) is 21.0 Å². The average molecular weight is 379 g/mol. The maximum absolute atomic E-state index is 11.9. The van der Waals surface area contributed by atoms with Crippen LogP contribution in [0.3, 0.4) is 0 Å². The van der Waals surface area contributed by atoms with E-state index in [1.165, 1.54) is 16.7 Å². The molecule has 0 aromatic heterocycles. The highest BCUT2D eigenvalue weighted by Crippen LogP contribution is 2.24. The Hall–Kier alpha value is -2.92. The molecule has 0 amide bonds. The summed E-state index contributed by atoms with van der Waals surface area (Å²) in [5.74, 6) is -1.44. The quantitative estimate of drug-likeness (QED) is 0.636. The molecule has 27 heavy (non-hydrogen) atoms. The molecular weight excluding hydrogens is 358 g/mol. The van der Waals surface area contributed by atoms with Crippen molar-refractivity contribution in [1.82, 2.24) is 0 Å². The molecule has 1 unspecified atom stereocenters. The van der Waals surface area contributed by atoms with Crippen LogP contribution in [0.25, 0.3) is 11.1 Å². The van der Waals surface area contributed by atoms with E-state index in [-0.39, 0.29) is 5.75 Å². The fraction of sp³-hybridized carbons (Fsp3) is 0.136. The van der Waals surface area contributed by atoms with Gasteiger partial charge in [0, 0.05) is 17.1 Å². The third-order valence-corrected chi connectivity index (χ3v) is 5.56. The monoisotopic (exact) mass is 379 g/mol. The number of hydrogen-bond donors (Lipinski definition) is 2. The fourth-order valence-corrected chi connectivity index (χ4v) is 3.70. The lowest BCUT2D eigenvalue weighted by atomic mass is 9.99. The van der Waals surface area contributed by atoms with E-state index >= 15 is 0 Å². The molecule has 3 rings (SSSR count). The zero-order valence-corrected chi connectivity index (χ0v) is 15.8. The van der Waals surface area contributed by atoms with Gasteiger partial charge in [0.25, 0.3) is 0 Å². The Bertz CT molecular complexity index is 967. The Morgan fingerprint density at radius 2 is 1.74 bits per heavy atom. The van der Waals surface area contributed by atoms with Crippen molar-refractivity contribution < 1.29 is 14.1 Å². The molecule has 0 spiro atoms. The summed E-state index contributed by atoms with van der Waals surface area (Å²) in [5, 5.41) is 12.1. The van der Waals surface area contributed by atoms with Crippen LogP contribution < -0.4 is 5.32 Å². The third kappa shape index (κ3) is 5.05. The first-order chi connectivity index (χ1) is 13.0. The van der Waals surface area contributed by atoms with Gasteiger partial charge in [-0.25, -0.2) is 0 Å². The molecule has 0 heterocycles. The van der Waals surface area contributed by atoms with Gasteiger partial charge in [-0.15, -0.1) is 0 Å². The van der Waals surface area contributed by atoms with Crippen molar-refractivity contribution in [2.24, 2.45) is 0 Å². The standard InChI is InChI=1S/C22H21NO3S/c1-16-5-2-3-8-21(16)18-7-4-6-17(13-18)14-23-19-9-11-20(12-10-19)27(26)15-22(24)25/h2-13,23H,14-15H2,1H3,(H,24,25). The summed E-state index contributed by atoms with van der Waals surface area (Å²) in [6.07, 6.45) is 0. The molecule has 0 bridgehead atoms. The molecule has 0 saturated heterocycles. The summed E-state index contributed by atoms with van der Waals surface area (Å²) >= 11 is 0. The smallest absolute Gasteiger partial charge is 0.316 e. The van der Waals surface area contributed by atoms with E-state index in [0.717, 1.165) is 11.3 Å². The summed E-state index contributed by atoms with van der Waals surface area (Å²) in [5.41, 5.74) is 5.71. The number of aryl methyl sites for hydroxylation is 1. The van der Waals surface area contributed by atoms with E-state index < -0.39 is 16.8 Å². The van der Waals surface area contributed by atoms with Crippen molar-refractivity contribution in [3.8, 4) is 11.1 Å². The van der Waals surface area contributed by atoms with E-state index in [2.05, 4.69) is 48.6 Å². The molecule has 0 aliphatic carbocycles. The van der Waals surface area contributed by atoms with E-state index in [1.54, 1.807) is 12.1 Å². The SMILES string of the molecule is Cc1ccccc1-c1cccc(CNc2ccc(S(=O)CC(=O)O)cc2)c1. The number of carboxylic acids is 1. The highest BCUT2D eigenvalue weighted by Gasteiger charge is 2.08. The summed E-state index contributed by atoms with van der Waals surface area (Å²) in [6, 6.07) is 23.8. The van der Waals surface area contributed by atoms with Crippen LogP contribution in [-0.2, 0) is 22.1 Å². The second-order valence-electron chi connectivity index (χ2n) is 6.28. The van der Waals surface area contributed by atoms with Crippen molar-refractivity contribution in [2.45, 2.75) is 18.4 Å². The molecule has 2 N–H and O–H groups in total. The van der Waals surface area contributed by atoms with Gasteiger partial charge in [0.15, 0.2) is 0 Å². The van der Waals surface area contributed by atoms with E-state index in [4.69, 9.17) is 5.11 Å². The van der Waals surface area contributed by atoms with Gasteiger partial charge in [0.05, 0.1) is 10.8 Å². The van der Waals surface area contributed by atoms with E-state index in [9.17, 15) is 9.00 Å². The summed E-state index contributed by atoms with van der Waals surface area (Å²) in [6.45, 7) is 2.77. The minimum atomic E-state index is -1.52. The number of aliphatic carboxylic acids is 1. The number of anilines is 1. The van der Waals surface area contributed by atoms with Crippen LogP contribution in [0, 0.1) is 6.92 Å². The molecule has 5 heteroatoms. The summed E-state index contributed by atoms with van der Waals surface area (Å²) < 4.78 is 11.9. The van der Waals surface area contributed by atoms with Gasteiger partial charge in [-0.1, -0.05) is 42.5 Å². The molecule has 0 radical (unpaired) electrons. The Balaban J connectivity index is 1.67. The van der Waals surface area contributed by atoms with E-state index in [1.807, 2.05) is 24.3 Å². The van der Waals surface area contributed by atoms with Crippen LogP contribution in [0.2, 0.25) is 0 Å². The van der Waals surface area contributed by atoms with Crippen molar-refractivity contribution in [3.63, 3.8) is 0 Å². The Morgan fingerprint density at radius 1 is 1.00 bits per heavy atom. The van der Waals surface area contributed by atoms with Crippen molar-refractivity contribution in [3.05, 3.63) is 83.9 Å². The van der Waals surface area contributed by atoms with Crippen molar-refractivity contribution >= 4 is 22.5 Å². The first kappa shape index (κ1) is 18.9. The Morgan fingerprint density at radius 3 is 2.44 bits per heavy atom. The van der Waals surface area contributed by atoms with Crippen LogP contribution >= 0.6 is 0 Å². The first-order valence-corrected chi connectivity index (χ1v) is 9.94. The molecule has 138 valence electrons. The predicted molar refractivity (Wildman–Crippen MR) is 109 cm³/mol. The minimum Gasteiger partial charge on any atom is -0.481 e. The number of hydrogen-bond acceptors (Lipinski definition) is 3. The van der Waals surface area contributed by atoms with Gasteiger partial charge in [-0.3, -0.25) is 9.00 Å². The van der Waals surface area contributed by atoms with Crippen molar-refractivity contribution in [2.75, 3.05) is 11.1 Å². The molecule has 0 fully saturated rings. The van der Waals surface area contributed by atoms with Gasteiger partial charge in [0.1, 0.15) is 5.75 Å². The largest absolute Gasteiger partial charge is 0.481 e. The average Bonchev–Trinajstić information content (AvgIpc) is 2.67. The molecule has 1 atom stereocenters. The normalized spacial score (nSPS) is 11.7. The maximum atomic E-state index is 11.9. The zero-order valence-electron chi connectivity index (χ0n) is 15.0. The van der Waals surface area contributed by atoms with Gasteiger partial charge < -0.3 is 10.4 Å². The van der Waals surface area contributed by atoms with Crippen LogP contribution in [0.1, 0.15) is 11.1 Å². The number of carboxylic acid groups (broad SMARTS) is 1. The molecule has 0 saturated carbocycles.